The zero-order chi connectivity index (χ0) is 15.7. The second-order valence-corrected chi connectivity index (χ2v) is 7.70. The minimum absolute atomic E-state index is 0.0863. The zero-order valence-electron chi connectivity index (χ0n) is 14.1. The molecular weight excluding hydrogens is 260 g/mol. The fraction of sp³-hybridized carbons (Fsp3) is 0.667. The molecule has 0 aromatic heterocycles. The summed E-state index contributed by atoms with van der Waals surface area (Å²) in [5.74, 6) is 0. The monoisotopic (exact) mass is 290 g/mol. The smallest absolute Gasteiger partial charge is 0.0753 e. The second kappa shape index (κ2) is 6.07. The van der Waals surface area contributed by atoms with E-state index in [1.165, 1.54) is 11.1 Å². The highest BCUT2D eigenvalue weighted by atomic mass is 16.5. The molecule has 0 aliphatic carbocycles. The summed E-state index contributed by atoms with van der Waals surface area (Å²) in [5.41, 5.74) is 8.85. The number of rotatable bonds is 3. The fourth-order valence-electron chi connectivity index (χ4n) is 3.02. The first-order chi connectivity index (χ1) is 9.73. The maximum absolute atomic E-state index is 6.07. The van der Waals surface area contributed by atoms with Gasteiger partial charge in [-0.2, -0.15) is 0 Å². The van der Waals surface area contributed by atoms with E-state index in [1.807, 2.05) is 0 Å². The van der Waals surface area contributed by atoms with Crippen LogP contribution in [0.5, 0.6) is 0 Å². The Morgan fingerprint density at radius 2 is 1.86 bits per heavy atom. The number of hydrogen-bond acceptors (Lipinski definition) is 3. The van der Waals surface area contributed by atoms with Crippen molar-refractivity contribution in [2.24, 2.45) is 5.73 Å². The zero-order valence-corrected chi connectivity index (χ0v) is 14.1. The third kappa shape index (κ3) is 4.06. The molecule has 1 unspecified atom stereocenters. The third-order valence-corrected chi connectivity index (χ3v) is 4.28. The molecule has 0 spiro atoms. The van der Waals surface area contributed by atoms with E-state index in [0.717, 1.165) is 19.7 Å². The van der Waals surface area contributed by atoms with Crippen molar-refractivity contribution in [1.29, 1.82) is 0 Å². The van der Waals surface area contributed by atoms with Gasteiger partial charge in [0, 0.05) is 25.7 Å². The van der Waals surface area contributed by atoms with Gasteiger partial charge in [-0.05, 0) is 30.4 Å². The van der Waals surface area contributed by atoms with Crippen molar-refractivity contribution in [2.75, 3.05) is 26.2 Å². The Kier molecular flexibility index (Phi) is 4.76. The highest BCUT2D eigenvalue weighted by molar-refractivity contribution is 5.29. The van der Waals surface area contributed by atoms with Crippen LogP contribution < -0.4 is 5.73 Å². The van der Waals surface area contributed by atoms with E-state index >= 15 is 0 Å². The van der Waals surface area contributed by atoms with Crippen LogP contribution in [0.2, 0.25) is 0 Å². The molecule has 1 aliphatic rings. The van der Waals surface area contributed by atoms with Crippen molar-refractivity contribution in [1.82, 2.24) is 4.90 Å². The van der Waals surface area contributed by atoms with Crippen molar-refractivity contribution >= 4 is 0 Å². The topological polar surface area (TPSA) is 38.5 Å². The lowest BCUT2D eigenvalue weighted by Gasteiger charge is -2.42. The molecule has 0 saturated carbocycles. The number of ether oxygens (including phenoxy) is 1. The lowest BCUT2D eigenvalue weighted by molar-refractivity contribution is -0.0967. The van der Waals surface area contributed by atoms with Gasteiger partial charge in [-0.3, -0.25) is 4.90 Å². The minimum Gasteiger partial charge on any atom is -0.373 e. The van der Waals surface area contributed by atoms with Gasteiger partial charge in [0.05, 0.1) is 12.2 Å². The second-order valence-electron chi connectivity index (χ2n) is 7.70. The fourth-order valence-corrected chi connectivity index (χ4v) is 3.02. The van der Waals surface area contributed by atoms with Gasteiger partial charge in [0.2, 0.25) is 0 Å². The van der Waals surface area contributed by atoms with Gasteiger partial charge in [0.1, 0.15) is 0 Å². The van der Waals surface area contributed by atoms with E-state index < -0.39 is 0 Å². The largest absolute Gasteiger partial charge is 0.373 e. The number of nitrogens with two attached hydrogens (primary N) is 1. The quantitative estimate of drug-likeness (QED) is 0.929. The van der Waals surface area contributed by atoms with E-state index in [2.05, 4.69) is 63.8 Å². The molecule has 1 heterocycles. The summed E-state index contributed by atoms with van der Waals surface area (Å²) in [5, 5.41) is 0. The molecule has 1 aliphatic heterocycles. The molecule has 0 radical (unpaired) electrons. The minimum atomic E-state index is -0.0863. The first-order valence-electron chi connectivity index (χ1n) is 7.91. The van der Waals surface area contributed by atoms with E-state index in [0.29, 0.717) is 6.54 Å². The summed E-state index contributed by atoms with van der Waals surface area (Å²) >= 11 is 0. The first kappa shape index (κ1) is 16.5. The molecule has 1 fully saturated rings. The molecule has 2 N–H and O–H groups in total. The Bertz CT molecular complexity index is 459. The van der Waals surface area contributed by atoms with Crippen molar-refractivity contribution in [3.8, 4) is 0 Å². The van der Waals surface area contributed by atoms with Crippen LogP contribution in [0.25, 0.3) is 0 Å². The summed E-state index contributed by atoms with van der Waals surface area (Å²) in [7, 11) is 0. The summed E-state index contributed by atoms with van der Waals surface area (Å²) in [4.78, 5) is 2.45. The predicted octanol–water partition coefficient (Wildman–Crippen LogP) is 3.09. The Morgan fingerprint density at radius 3 is 2.33 bits per heavy atom. The van der Waals surface area contributed by atoms with Crippen LogP contribution in [0.15, 0.2) is 24.3 Å². The first-order valence-corrected chi connectivity index (χ1v) is 7.91. The van der Waals surface area contributed by atoms with Crippen molar-refractivity contribution < 1.29 is 4.74 Å². The molecular formula is C18H30N2O. The van der Waals surface area contributed by atoms with E-state index in [-0.39, 0.29) is 17.1 Å². The van der Waals surface area contributed by atoms with Crippen LogP contribution in [-0.2, 0) is 10.2 Å². The number of benzene rings is 1. The maximum Gasteiger partial charge on any atom is 0.0753 e. The summed E-state index contributed by atoms with van der Waals surface area (Å²) in [6.07, 6.45) is 0. The average Bonchev–Trinajstić information content (AvgIpc) is 2.38. The number of morpholine rings is 1. The van der Waals surface area contributed by atoms with Crippen LogP contribution in [0.4, 0.5) is 0 Å². The molecule has 2 rings (SSSR count). The maximum atomic E-state index is 6.07. The normalized spacial score (nSPS) is 21.2. The van der Waals surface area contributed by atoms with Crippen molar-refractivity contribution in [3.63, 3.8) is 0 Å². The average molecular weight is 290 g/mol. The molecule has 21 heavy (non-hydrogen) atoms. The standard InChI is InChI=1S/C18H30N2O/c1-17(2,3)15-8-6-14(7-9-15)16(12-19)20-10-11-21-18(4,5)13-20/h6-9,16H,10-13,19H2,1-5H3. The Hall–Kier alpha value is -0.900. The van der Waals surface area contributed by atoms with Crippen LogP contribution in [0.1, 0.15) is 51.8 Å². The molecule has 1 saturated heterocycles. The molecule has 1 aromatic rings. The highest BCUT2D eigenvalue weighted by Crippen LogP contribution is 2.28. The number of nitrogens with zero attached hydrogens (tertiary/aromatic N) is 1. The Morgan fingerprint density at radius 1 is 1.24 bits per heavy atom. The Labute approximate surface area is 129 Å². The van der Waals surface area contributed by atoms with E-state index in [9.17, 15) is 0 Å². The van der Waals surface area contributed by atoms with E-state index in [1.54, 1.807) is 0 Å². The van der Waals surface area contributed by atoms with Gasteiger partial charge < -0.3 is 10.5 Å². The molecule has 1 aromatic carbocycles. The van der Waals surface area contributed by atoms with Crippen molar-refractivity contribution in [3.05, 3.63) is 35.4 Å². The molecule has 0 amide bonds. The molecule has 3 nitrogen and oxygen atoms in total. The summed E-state index contributed by atoms with van der Waals surface area (Å²) < 4.78 is 5.81. The lowest BCUT2D eigenvalue weighted by atomic mass is 9.86. The summed E-state index contributed by atoms with van der Waals surface area (Å²) in [6.45, 7) is 14.3. The van der Waals surface area contributed by atoms with Gasteiger partial charge in [0.15, 0.2) is 0 Å². The van der Waals surface area contributed by atoms with Crippen LogP contribution >= 0.6 is 0 Å². The summed E-state index contributed by atoms with van der Waals surface area (Å²) in [6, 6.07) is 9.23. The molecule has 1 atom stereocenters. The molecule has 3 heteroatoms. The third-order valence-electron chi connectivity index (χ3n) is 4.28. The van der Waals surface area contributed by atoms with Gasteiger partial charge >= 0.3 is 0 Å². The van der Waals surface area contributed by atoms with Gasteiger partial charge in [-0.15, -0.1) is 0 Å². The van der Waals surface area contributed by atoms with Crippen LogP contribution in [0, 0.1) is 0 Å². The van der Waals surface area contributed by atoms with Gasteiger partial charge in [-0.25, -0.2) is 0 Å². The highest BCUT2D eigenvalue weighted by Gasteiger charge is 2.31. The molecule has 118 valence electrons. The van der Waals surface area contributed by atoms with Crippen LogP contribution in [0.3, 0.4) is 0 Å². The lowest BCUT2D eigenvalue weighted by Crippen LogP contribution is -2.50. The Balaban J connectivity index is 2.17. The van der Waals surface area contributed by atoms with Crippen molar-refractivity contribution in [2.45, 2.75) is 51.7 Å². The predicted molar refractivity (Wildman–Crippen MR) is 88.5 cm³/mol. The number of hydrogen-bond donors (Lipinski definition) is 1. The molecule has 0 bridgehead atoms. The SMILES string of the molecule is CC1(C)CN(C(CN)c2ccc(C(C)(C)C)cc2)CCO1. The van der Waals surface area contributed by atoms with Crippen LogP contribution in [-0.4, -0.2) is 36.7 Å². The van der Waals surface area contributed by atoms with E-state index in [4.69, 9.17) is 10.5 Å². The van der Waals surface area contributed by atoms with Gasteiger partial charge in [-0.1, -0.05) is 45.0 Å². The van der Waals surface area contributed by atoms with Gasteiger partial charge in [0.25, 0.3) is 0 Å².